The van der Waals surface area contributed by atoms with Crippen molar-refractivity contribution in [3.05, 3.63) is 12.2 Å². The standard InChI is InChI=1S/C9H9NO3/c1-5-2-3-10-4-6(11)8(12)9(13)7(5)10/h7H,1-4H2. The van der Waals surface area contributed by atoms with Gasteiger partial charge in [0.25, 0.3) is 5.78 Å². The van der Waals surface area contributed by atoms with Crippen LogP contribution >= 0.6 is 0 Å². The zero-order valence-corrected chi connectivity index (χ0v) is 7.08. The molecule has 13 heavy (non-hydrogen) atoms. The first-order valence-electron chi connectivity index (χ1n) is 4.14. The summed E-state index contributed by atoms with van der Waals surface area (Å²) >= 11 is 0. The number of ketones is 3. The Morgan fingerprint density at radius 3 is 2.69 bits per heavy atom. The Morgan fingerprint density at radius 2 is 2.00 bits per heavy atom. The summed E-state index contributed by atoms with van der Waals surface area (Å²) < 4.78 is 0. The van der Waals surface area contributed by atoms with Crippen LogP contribution in [-0.2, 0) is 14.4 Å². The predicted molar refractivity (Wildman–Crippen MR) is 44.1 cm³/mol. The van der Waals surface area contributed by atoms with Crippen LogP contribution in [0.15, 0.2) is 12.2 Å². The second-order valence-corrected chi connectivity index (χ2v) is 3.40. The summed E-state index contributed by atoms with van der Waals surface area (Å²) in [5.74, 6) is -2.04. The highest BCUT2D eigenvalue weighted by atomic mass is 16.2. The molecule has 1 atom stereocenters. The summed E-state index contributed by atoms with van der Waals surface area (Å²) in [6.07, 6.45) is 0.705. The van der Waals surface area contributed by atoms with Gasteiger partial charge in [0.15, 0.2) is 0 Å². The first kappa shape index (κ1) is 8.31. The molecule has 0 spiro atoms. The molecule has 0 aromatic rings. The summed E-state index contributed by atoms with van der Waals surface area (Å²) in [6.45, 7) is 4.46. The normalized spacial score (nSPS) is 29.7. The quantitative estimate of drug-likeness (QED) is 0.366. The summed E-state index contributed by atoms with van der Waals surface area (Å²) in [5.41, 5.74) is 0.755. The Bertz CT molecular complexity index is 332. The third kappa shape index (κ3) is 1.06. The largest absolute Gasteiger partial charge is 0.289 e. The molecular weight excluding hydrogens is 170 g/mol. The highest BCUT2D eigenvalue weighted by Crippen LogP contribution is 2.25. The monoisotopic (exact) mass is 179 g/mol. The van der Waals surface area contributed by atoms with Crippen molar-refractivity contribution in [1.29, 1.82) is 0 Å². The first-order chi connectivity index (χ1) is 6.11. The van der Waals surface area contributed by atoms with Gasteiger partial charge in [-0.05, 0) is 6.42 Å². The van der Waals surface area contributed by atoms with Crippen molar-refractivity contribution in [3.63, 3.8) is 0 Å². The van der Waals surface area contributed by atoms with Crippen LogP contribution in [0.2, 0.25) is 0 Å². The molecule has 4 nitrogen and oxygen atoms in total. The fourth-order valence-electron chi connectivity index (χ4n) is 1.85. The van der Waals surface area contributed by atoms with Crippen LogP contribution in [0.1, 0.15) is 6.42 Å². The van der Waals surface area contributed by atoms with Gasteiger partial charge in [0.05, 0.1) is 12.6 Å². The predicted octanol–water partition coefficient (Wildman–Crippen LogP) is -0.662. The number of carbonyl (C=O) groups is 3. The lowest BCUT2D eigenvalue weighted by Crippen LogP contribution is -2.52. The van der Waals surface area contributed by atoms with E-state index in [4.69, 9.17) is 0 Å². The van der Waals surface area contributed by atoms with E-state index in [0.29, 0.717) is 13.0 Å². The summed E-state index contributed by atoms with van der Waals surface area (Å²) in [4.78, 5) is 35.1. The number of rotatable bonds is 0. The fraction of sp³-hybridized carbons (Fsp3) is 0.444. The molecule has 68 valence electrons. The van der Waals surface area contributed by atoms with E-state index >= 15 is 0 Å². The van der Waals surface area contributed by atoms with Crippen LogP contribution in [0, 0.1) is 0 Å². The van der Waals surface area contributed by atoms with Gasteiger partial charge in [-0.1, -0.05) is 12.2 Å². The Hall–Kier alpha value is -1.29. The molecule has 0 saturated carbocycles. The van der Waals surface area contributed by atoms with Crippen LogP contribution in [0.5, 0.6) is 0 Å². The van der Waals surface area contributed by atoms with Crippen molar-refractivity contribution in [2.24, 2.45) is 0 Å². The molecule has 0 aromatic heterocycles. The molecule has 0 bridgehead atoms. The van der Waals surface area contributed by atoms with Gasteiger partial charge in [0.2, 0.25) is 11.6 Å². The molecule has 0 amide bonds. The lowest BCUT2D eigenvalue weighted by Gasteiger charge is -2.25. The maximum absolute atomic E-state index is 11.4. The van der Waals surface area contributed by atoms with E-state index in [1.54, 1.807) is 4.90 Å². The maximum Gasteiger partial charge on any atom is 0.267 e. The average Bonchev–Trinajstić information content (AvgIpc) is 2.43. The van der Waals surface area contributed by atoms with Crippen LogP contribution < -0.4 is 0 Å². The summed E-state index contributed by atoms with van der Waals surface area (Å²) in [7, 11) is 0. The smallest absolute Gasteiger partial charge is 0.267 e. The number of hydrogen-bond donors (Lipinski definition) is 0. The molecule has 2 aliphatic rings. The van der Waals surface area contributed by atoms with E-state index in [1.807, 2.05) is 0 Å². The number of piperidine rings is 1. The van der Waals surface area contributed by atoms with Crippen LogP contribution in [0.3, 0.4) is 0 Å². The van der Waals surface area contributed by atoms with E-state index < -0.39 is 23.4 Å². The molecule has 0 radical (unpaired) electrons. The van der Waals surface area contributed by atoms with Gasteiger partial charge < -0.3 is 0 Å². The van der Waals surface area contributed by atoms with Crippen molar-refractivity contribution >= 4 is 17.3 Å². The van der Waals surface area contributed by atoms with E-state index in [9.17, 15) is 14.4 Å². The zero-order valence-electron chi connectivity index (χ0n) is 7.08. The Kier molecular flexibility index (Phi) is 1.66. The fourth-order valence-corrected chi connectivity index (χ4v) is 1.85. The highest BCUT2D eigenvalue weighted by molar-refractivity contribution is 6.66. The molecule has 0 N–H and O–H groups in total. The maximum atomic E-state index is 11.4. The number of hydrogen-bond acceptors (Lipinski definition) is 4. The lowest BCUT2D eigenvalue weighted by molar-refractivity contribution is -0.149. The van der Waals surface area contributed by atoms with E-state index in [1.165, 1.54) is 0 Å². The van der Waals surface area contributed by atoms with Gasteiger partial charge in [0, 0.05) is 6.54 Å². The van der Waals surface area contributed by atoms with E-state index in [0.717, 1.165) is 5.57 Å². The Labute approximate surface area is 75.2 Å². The topological polar surface area (TPSA) is 54.5 Å². The van der Waals surface area contributed by atoms with Crippen molar-refractivity contribution in [2.75, 3.05) is 13.1 Å². The molecule has 2 heterocycles. The summed E-state index contributed by atoms with van der Waals surface area (Å²) in [6, 6.07) is -0.509. The van der Waals surface area contributed by atoms with Gasteiger partial charge in [-0.2, -0.15) is 0 Å². The Balaban J connectivity index is 2.35. The molecule has 4 heteroatoms. The number of nitrogens with zero attached hydrogens (tertiary/aromatic N) is 1. The molecule has 2 aliphatic heterocycles. The molecule has 2 rings (SSSR count). The van der Waals surface area contributed by atoms with Gasteiger partial charge in [0.1, 0.15) is 0 Å². The molecule has 0 aliphatic carbocycles. The van der Waals surface area contributed by atoms with Crippen molar-refractivity contribution in [3.8, 4) is 0 Å². The third-order valence-corrected chi connectivity index (χ3v) is 2.54. The zero-order chi connectivity index (χ0) is 9.59. The first-order valence-corrected chi connectivity index (χ1v) is 4.14. The minimum atomic E-state index is -0.857. The van der Waals surface area contributed by atoms with Gasteiger partial charge in [-0.25, -0.2) is 0 Å². The molecule has 1 unspecified atom stereocenters. The summed E-state index contributed by atoms with van der Waals surface area (Å²) in [5, 5.41) is 0. The number of carbonyl (C=O) groups excluding carboxylic acids is 3. The van der Waals surface area contributed by atoms with Gasteiger partial charge in [-0.15, -0.1) is 0 Å². The van der Waals surface area contributed by atoms with Crippen molar-refractivity contribution < 1.29 is 14.4 Å². The minimum Gasteiger partial charge on any atom is -0.289 e. The SMILES string of the molecule is C=C1CCN2CC(=O)C(=O)C(=O)C12. The lowest BCUT2D eigenvalue weighted by atomic mass is 9.96. The van der Waals surface area contributed by atoms with Gasteiger partial charge in [-0.3, -0.25) is 19.3 Å². The molecule has 2 saturated heterocycles. The molecule has 2 fully saturated rings. The number of fused-ring (bicyclic) bond motifs is 1. The third-order valence-electron chi connectivity index (χ3n) is 2.54. The van der Waals surface area contributed by atoms with Crippen LogP contribution in [0.4, 0.5) is 0 Å². The van der Waals surface area contributed by atoms with Crippen LogP contribution in [0.25, 0.3) is 0 Å². The molecule has 0 aromatic carbocycles. The van der Waals surface area contributed by atoms with Crippen LogP contribution in [-0.4, -0.2) is 41.4 Å². The minimum absolute atomic E-state index is 0.0776. The second-order valence-electron chi connectivity index (χ2n) is 3.40. The van der Waals surface area contributed by atoms with Crippen molar-refractivity contribution in [2.45, 2.75) is 12.5 Å². The molecular formula is C9H9NO3. The average molecular weight is 179 g/mol. The van der Waals surface area contributed by atoms with Gasteiger partial charge >= 0.3 is 0 Å². The Morgan fingerprint density at radius 1 is 1.31 bits per heavy atom. The van der Waals surface area contributed by atoms with Crippen molar-refractivity contribution in [1.82, 2.24) is 4.90 Å². The second kappa shape index (κ2) is 2.60. The highest BCUT2D eigenvalue weighted by Gasteiger charge is 2.44. The van der Waals surface area contributed by atoms with E-state index in [-0.39, 0.29) is 6.54 Å². The van der Waals surface area contributed by atoms with E-state index in [2.05, 4.69) is 6.58 Å². The number of Topliss-reactive ketones (excluding diaryl/α,β-unsaturated/α-hetero) is 3.